The summed E-state index contributed by atoms with van der Waals surface area (Å²) in [5, 5.41) is 3.11. The summed E-state index contributed by atoms with van der Waals surface area (Å²) in [4.78, 5) is 7.46. The summed E-state index contributed by atoms with van der Waals surface area (Å²) in [5.41, 5.74) is 2.18. The predicted molar refractivity (Wildman–Crippen MR) is 46.6 cm³/mol. The quantitative estimate of drug-likeness (QED) is 0.689. The van der Waals surface area contributed by atoms with E-state index >= 15 is 0 Å². The molecule has 1 N–H and O–H groups in total. The Kier molecular flexibility index (Phi) is 1.51. The standard InChI is InChI=1S/C8H8N2S/c1-6-5-11-8(10-6)7-3-2-4-9-7/h2-5,9H,1H3. The minimum absolute atomic E-state index is 1.06. The molecule has 0 radical (unpaired) electrons. The Morgan fingerprint density at radius 1 is 1.55 bits per heavy atom. The third kappa shape index (κ3) is 1.19. The average molecular weight is 164 g/mol. The highest BCUT2D eigenvalue weighted by atomic mass is 32.1. The smallest absolute Gasteiger partial charge is 0.139 e. The molecular formula is C8H8N2S. The Morgan fingerprint density at radius 2 is 2.45 bits per heavy atom. The fourth-order valence-corrected chi connectivity index (χ4v) is 1.73. The molecule has 0 saturated heterocycles. The van der Waals surface area contributed by atoms with Crippen molar-refractivity contribution < 1.29 is 0 Å². The maximum Gasteiger partial charge on any atom is 0.139 e. The van der Waals surface area contributed by atoms with Gasteiger partial charge in [0, 0.05) is 17.3 Å². The minimum atomic E-state index is 1.06. The predicted octanol–water partition coefficient (Wildman–Crippen LogP) is 2.45. The van der Waals surface area contributed by atoms with Gasteiger partial charge >= 0.3 is 0 Å². The second-order valence-electron chi connectivity index (χ2n) is 2.38. The van der Waals surface area contributed by atoms with Crippen molar-refractivity contribution in [1.29, 1.82) is 0 Å². The van der Waals surface area contributed by atoms with E-state index in [-0.39, 0.29) is 0 Å². The van der Waals surface area contributed by atoms with Crippen LogP contribution >= 0.6 is 11.3 Å². The summed E-state index contributed by atoms with van der Waals surface area (Å²) in [5.74, 6) is 0. The maximum atomic E-state index is 4.34. The first-order valence-corrected chi connectivity index (χ1v) is 4.30. The van der Waals surface area contributed by atoms with Crippen LogP contribution in [0.5, 0.6) is 0 Å². The Hall–Kier alpha value is -1.09. The first kappa shape index (κ1) is 6.61. The molecule has 56 valence electrons. The summed E-state index contributed by atoms with van der Waals surface area (Å²) in [6, 6.07) is 4.00. The van der Waals surface area contributed by atoms with E-state index in [9.17, 15) is 0 Å². The average Bonchev–Trinajstić information content (AvgIpc) is 2.55. The van der Waals surface area contributed by atoms with Crippen LogP contribution < -0.4 is 0 Å². The largest absolute Gasteiger partial charge is 0.359 e. The molecule has 2 nitrogen and oxygen atoms in total. The van der Waals surface area contributed by atoms with Gasteiger partial charge in [-0.25, -0.2) is 4.98 Å². The molecule has 0 atom stereocenters. The molecule has 2 aromatic heterocycles. The van der Waals surface area contributed by atoms with Crippen LogP contribution in [0.3, 0.4) is 0 Å². The normalized spacial score (nSPS) is 10.3. The number of nitrogens with one attached hydrogen (secondary N) is 1. The molecule has 0 amide bonds. The van der Waals surface area contributed by atoms with Gasteiger partial charge in [0.25, 0.3) is 0 Å². The number of hydrogen-bond acceptors (Lipinski definition) is 2. The Balaban J connectivity index is 2.45. The first-order valence-electron chi connectivity index (χ1n) is 3.42. The van der Waals surface area contributed by atoms with Gasteiger partial charge in [-0.15, -0.1) is 11.3 Å². The van der Waals surface area contributed by atoms with E-state index in [0.29, 0.717) is 0 Å². The molecule has 0 fully saturated rings. The molecule has 3 heteroatoms. The van der Waals surface area contributed by atoms with Crippen molar-refractivity contribution in [3.8, 4) is 10.7 Å². The second-order valence-corrected chi connectivity index (χ2v) is 3.24. The van der Waals surface area contributed by atoms with Crippen LogP contribution in [0.4, 0.5) is 0 Å². The van der Waals surface area contributed by atoms with Crippen molar-refractivity contribution >= 4 is 11.3 Å². The van der Waals surface area contributed by atoms with Gasteiger partial charge in [-0.1, -0.05) is 0 Å². The van der Waals surface area contributed by atoms with E-state index in [1.807, 2.05) is 25.3 Å². The highest BCUT2D eigenvalue weighted by Gasteiger charge is 2.00. The fraction of sp³-hybridized carbons (Fsp3) is 0.125. The fourth-order valence-electron chi connectivity index (χ4n) is 0.941. The number of thiazole rings is 1. The summed E-state index contributed by atoms with van der Waals surface area (Å²) in [6.07, 6.45) is 1.91. The van der Waals surface area contributed by atoms with Crippen LogP contribution in [0.1, 0.15) is 5.69 Å². The van der Waals surface area contributed by atoms with Gasteiger partial charge in [-0.05, 0) is 19.1 Å². The molecule has 0 saturated carbocycles. The Morgan fingerprint density at radius 3 is 3.00 bits per heavy atom. The third-order valence-corrected chi connectivity index (χ3v) is 2.44. The number of H-pyrrole nitrogens is 1. The number of nitrogens with zero attached hydrogens (tertiary/aromatic N) is 1. The van der Waals surface area contributed by atoms with Gasteiger partial charge in [0.15, 0.2) is 0 Å². The van der Waals surface area contributed by atoms with Crippen molar-refractivity contribution in [3.63, 3.8) is 0 Å². The summed E-state index contributed by atoms with van der Waals surface area (Å²) in [7, 11) is 0. The van der Waals surface area contributed by atoms with E-state index in [0.717, 1.165) is 16.4 Å². The highest BCUT2D eigenvalue weighted by molar-refractivity contribution is 7.13. The van der Waals surface area contributed by atoms with Crippen LogP contribution in [-0.2, 0) is 0 Å². The lowest BCUT2D eigenvalue weighted by Gasteiger charge is -1.86. The van der Waals surface area contributed by atoms with E-state index < -0.39 is 0 Å². The zero-order valence-corrected chi connectivity index (χ0v) is 6.98. The highest BCUT2D eigenvalue weighted by Crippen LogP contribution is 2.20. The van der Waals surface area contributed by atoms with Gasteiger partial charge < -0.3 is 4.98 Å². The first-order chi connectivity index (χ1) is 5.36. The molecule has 0 aliphatic carbocycles. The van der Waals surface area contributed by atoms with Crippen molar-refractivity contribution in [2.45, 2.75) is 6.92 Å². The van der Waals surface area contributed by atoms with Crippen LogP contribution in [0, 0.1) is 6.92 Å². The lowest BCUT2D eigenvalue weighted by Crippen LogP contribution is -1.74. The van der Waals surface area contributed by atoms with E-state index in [2.05, 4.69) is 15.3 Å². The van der Waals surface area contributed by atoms with Crippen molar-refractivity contribution in [2.75, 3.05) is 0 Å². The van der Waals surface area contributed by atoms with Crippen LogP contribution in [0.25, 0.3) is 10.7 Å². The van der Waals surface area contributed by atoms with Crippen molar-refractivity contribution in [1.82, 2.24) is 9.97 Å². The SMILES string of the molecule is Cc1csc(-c2ccc[nH]2)n1. The van der Waals surface area contributed by atoms with Crippen LogP contribution in [0.2, 0.25) is 0 Å². The molecule has 0 aromatic carbocycles. The van der Waals surface area contributed by atoms with E-state index in [4.69, 9.17) is 0 Å². The van der Waals surface area contributed by atoms with E-state index in [1.54, 1.807) is 11.3 Å². The van der Waals surface area contributed by atoms with Crippen molar-refractivity contribution in [3.05, 3.63) is 29.4 Å². The molecule has 0 aliphatic rings. The van der Waals surface area contributed by atoms with Gasteiger partial charge in [-0.3, -0.25) is 0 Å². The van der Waals surface area contributed by atoms with Crippen LogP contribution in [0.15, 0.2) is 23.7 Å². The van der Waals surface area contributed by atoms with E-state index in [1.165, 1.54) is 0 Å². The monoisotopic (exact) mass is 164 g/mol. The minimum Gasteiger partial charge on any atom is -0.359 e. The van der Waals surface area contributed by atoms with Crippen LogP contribution in [-0.4, -0.2) is 9.97 Å². The maximum absolute atomic E-state index is 4.34. The molecule has 2 aromatic rings. The molecule has 11 heavy (non-hydrogen) atoms. The second kappa shape index (κ2) is 2.51. The zero-order chi connectivity index (χ0) is 7.68. The number of aryl methyl sites for hydroxylation is 1. The Bertz CT molecular complexity index is 335. The lowest BCUT2D eigenvalue weighted by atomic mass is 10.4. The number of rotatable bonds is 1. The summed E-state index contributed by atoms with van der Waals surface area (Å²) >= 11 is 1.66. The van der Waals surface area contributed by atoms with Gasteiger partial charge in [0.2, 0.25) is 0 Å². The molecular weight excluding hydrogens is 156 g/mol. The van der Waals surface area contributed by atoms with Gasteiger partial charge in [-0.2, -0.15) is 0 Å². The van der Waals surface area contributed by atoms with Gasteiger partial charge in [0.05, 0.1) is 5.69 Å². The lowest BCUT2D eigenvalue weighted by molar-refractivity contribution is 1.25. The number of hydrogen-bond donors (Lipinski definition) is 1. The summed E-state index contributed by atoms with van der Waals surface area (Å²) < 4.78 is 0. The molecule has 0 aliphatic heterocycles. The third-order valence-electron chi connectivity index (χ3n) is 1.45. The molecule has 0 bridgehead atoms. The van der Waals surface area contributed by atoms with Gasteiger partial charge in [0.1, 0.15) is 5.01 Å². The summed E-state index contributed by atoms with van der Waals surface area (Å²) in [6.45, 7) is 2.00. The number of aromatic amines is 1. The molecule has 0 unspecified atom stereocenters. The molecule has 2 rings (SSSR count). The number of aromatic nitrogens is 2. The molecule has 2 heterocycles. The molecule has 0 spiro atoms. The topological polar surface area (TPSA) is 28.7 Å². The zero-order valence-electron chi connectivity index (χ0n) is 6.16. The Labute approximate surface area is 68.9 Å². The van der Waals surface area contributed by atoms with Crippen molar-refractivity contribution in [2.24, 2.45) is 0 Å².